The molecule has 36 heavy (non-hydrogen) atoms. The second-order valence-electron chi connectivity index (χ2n) is 9.16. The van der Waals surface area contributed by atoms with Crippen molar-refractivity contribution in [3.63, 3.8) is 0 Å². The number of aromatic nitrogens is 2. The van der Waals surface area contributed by atoms with Crippen LogP contribution in [0.25, 0.3) is 11.7 Å². The molecule has 0 spiro atoms. The highest BCUT2D eigenvalue weighted by Crippen LogP contribution is 2.35. The molecule has 10 heteroatoms. The number of para-hydroxylation sites is 1. The van der Waals surface area contributed by atoms with Gasteiger partial charge in [-0.25, -0.2) is 9.37 Å². The molecule has 0 N–H and O–H groups in total. The minimum Gasteiger partial charge on any atom is -0.366 e. The van der Waals surface area contributed by atoms with E-state index < -0.39 is 0 Å². The van der Waals surface area contributed by atoms with Crippen LogP contribution in [0.15, 0.2) is 52.3 Å². The summed E-state index contributed by atoms with van der Waals surface area (Å²) in [5, 5.41) is 0. The summed E-state index contributed by atoms with van der Waals surface area (Å²) in [5.74, 6) is 0.0622. The predicted molar refractivity (Wildman–Crippen MR) is 147 cm³/mol. The fraction of sp³-hybridized carbons (Fsp3) is 0.308. The van der Waals surface area contributed by atoms with Gasteiger partial charge in [0.15, 0.2) is 0 Å². The van der Waals surface area contributed by atoms with Crippen molar-refractivity contribution in [2.75, 3.05) is 36.0 Å². The SMILES string of the molecule is Cc1ccc2nc(N3CCN(c4ccccc4F)CC3)c(/C=C3\SC(=S)N(C(C)C)C3=O)c(=O)n2c1. The van der Waals surface area contributed by atoms with Crippen LogP contribution in [-0.4, -0.2) is 56.7 Å². The van der Waals surface area contributed by atoms with Crippen molar-refractivity contribution in [2.45, 2.75) is 26.8 Å². The van der Waals surface area contributed by atoms with Gasteiger partial charge in [0, 0.05) is 38.4 Å². The zero-order valence-electron chi connectivity index (χ0n) is 20.3. The van der Waals surface area contributed by atoms with E-state index in [9.17, 15) is 14.0 Å². The molecule has 0 bridgehead atoms. The molecular weight excluding hydrogens is 497 g/mol. The summed E-state index contributed by atoms with van der Waals surface area (Å²) in [6.07, 6.45) is 3.38. The van der Waals surface area contributed by atoms with E-state index in [4.69, 9.17) is 17.2 Å². The third kappa shape index (κ3) is 4.39. The van der Waals surface area contributed by atoms with E-state index in [0.717, 1.165) is 5.56 Å². The standard InChI is InChI=1S/C26H26FN5O2S2/c1-16(2)32-25(34)21(36-26(32)35)14-18-23(28-22-9-8-17(3)15-31(22)24(18)33)30-12-10-29(11-13-30)20-7-5-4-6-19(20)27/h4-9,14-16H,10-13H2,1-3H3/b21-14-. The van der Waals surface area contributed by atoms with Gasteiger partial charge < -0.3 is 9.80 Å². The minimum atomic E-state index is -0.253. The number of hydrogen-bond donors (Lipinski definition) is 0. The van der Waals surface area contributed by atoms with Gasteiger partial charge in [-0.2, -0.15) is 0 Å². The molecule has 0 atom stereocenters. The number of amides is 1. The van der Waals surface area contributed by atoms with Gasteiger partial charge in [-0.05, 0) is 50.6 Å². The zero-order valence-corrected chi connectivity index (χ0v) is 21.9. The topological polar surface area (TPSA) is 61.2 Å². The van der Waals surface area contributed by atoms with Crippen LogP contribution >= 0.6 is 24.0 Å². The molecule has 3 aromatic rings. The van der Waals surface area contributed by atoms with Crippen molar-refractivity contribution < 1.29 is 9.18 Å². The number of piperazine rings is 1. The van der Waals surface area contributed by atoms with Gasteiger partial charge in [-0.15, -0.1) is 0 Å². The Morgan fingerprint density at radius 3 is 2.42 bits per heavy atom. The molecule has 7 nitrogen and oxygen atoms in total. The predicted octanol–water partition coefficient (Wildman–Crippen LogP) is 4.08. The molecule has 0 aliphatic carbocycles. The van der Waals surface area contributed by atoms with Crippen molar-refractivity contribution in [2.24, 2.45) is 0 Å². The van der Waals surface area contributed by atoms with Gasteiger partial charge in [-0.1, -0.05) is 42.2 Å². The number of benzene rings is 1. The number of hydrogen-bond acceptors (Lipinski definition) is 7. The normalized spacial score (nSPS) is 17.8. The van der Waals surface area contributed by atoms with Crippen molar-refractivity contribution in [1.29, 1.82) is 0 Å². The Balaban J connectivity index is 1.55. The van der Waals surface area contributed by atoms with Gasteiger partial charge >= 0.3 is 0 Å². The van der Waals surface area contributed by atoms with Gasteiger partial charge in [0.25, 0.3) is 11.5 Å². The fourth-order valence-electron chi connectivity index (χ4n) is 4.54. The van der Waals surface area contributed by atoms with Crippen LogP contribution in [-0.2, 0) is 4.79 Å². The summed E-state index contributed by atoms with van der Waals surface area (Å²) in [6, 6.07) is 10.4. The molecule has 1 amide bonds. The van der Waals surface area contributed by atoms with Crippen molar-refractivity contribution in [3.05, 3.63) is 74.8 Å². The number of halogens is 1. The van der Waals surface area contributed by atoms with Gasteiger partial charge in [-0.3, -0.25) is 18.9 Å². The Hall–Kier alpha value is -3.24. The van der Waals surface area contributed by atoms with E-state index in [2.05, 4.69) is 0 Å². The second-order valence-corrected chi connectivity index (χ2v) is 10.8. The molecule has 2 aromatic heterocycles. The lowest BCUT2D eigenvalue weighted by atomic mass is 10.2. The summed E-state index contributed by atoms with van der Waals surface area (Å²) < 4.78 is 16.3. The number of fused-ring (bicyclic) bond motifs is 1. The van der Waals surface area contributed by atoms with Crippen LogP contribution in [0.4, 0.5) is 15.9 Å². The maximum absolute atomic E-state index is 14.3. The number of rotatable bonds is 4. The van der Waals surface area contributed by atoms with Gasteiger partial charge in [0.1, 0.15) is 21.6 Å². The number of carbonyl (C=O) groups is 1. The molecule has 4 heterocycles. The maximum atomic E-state index is 14.3. The molecular formula is C26H26FN5O2S2. The number of pyridine rings is 1. The number of anilines is 2. The molecule has 2 fully saturated rings. The third-order valence-electron chi connectivity index (χ3n) is 6.37. The molecule has 186 valence electrons. The Labute approximate surface area is 218 Å². The number of aryl methyl sites for hydroxylation is 1. The zero-order chi connectivity index (χ0) is 25.6. The van der Waals surface area contributed by atoms with E-state index in [1.165, 1.54) is 22.2 Å². The summed E-state index contributed by atoms with van der Waals surface area (Å²) >= 11 is 6.63. The van der Waals surface area contributed by atoms with E-state index in [1.54, 1.807) is 29.3 Å². The van der Waals surface area contributed by atoms with Crippen molar-refractivity contribution >= 4 is 57.4 Å². The molecule has 0 saturated carbocycles. The van der Waals surface area contributed by atoms with Crippen LogP contribution < -0.4 is 15.4 Å². The van der Waals surface area contributed by atoms with Crippen molar-refractivity contribution in [1.82, 2.24) is 14.3 Å². The molecule has 2 saturated heterocycles. The number of thiocarbonyl (C=S) groups is 1. The molecule has 0 radical (unpaired) electrons. The summed E-state index contributed by atoms with van der Waals surface area (Å²) in [4.78, 5) is 37.6. The quantitative estimate of drug-likeness (QED) is 0.377. The average molecular weight is 524 g/mol. The van der Waals surface area contributed by atoms with Crippen LogP contribution in [0.1, 0.15) is 25.0 Å². The lowest BCUT2D eigenvalue weighted by Crippen LogP contribution is -2.47. The monoisotopic (exact) mass is 523 g/mol. The lowest BCUT2D eigenvalue weighted by Gasteiger charge is -2.37. The van der Waals surface area contributed by atoms with Gasteiger partial charge in [0.2, 0.25) is 0 Å². The Kier molecular flexibility index (Phi) is 6.57. The fourth-order valence-corrected chi connectivity index (χ4v) is 6.04. The van der Waals surface area contributed by atoms with Crippen LogP contribution in [0.3, 0.4) is 0 Å². The minimum absolute atomic E-state index is 0.0761. The Bertz CT molecular complexity index is 1460. The van der Waals surface area contributed by atoms with Crippen LogP contribution in [0, 0.1) is 12.7 Å². The smallest absolute Gasteiger partial charge is 0.267 e. The van der Waals surface area contributed by atoms with E-state index in [-0.39, 0.29) is 23.3 Å². The molecule has 5 rings (SSSR count). The molecule has 2 aliphatic heterocycles. The van der Waals surface area contributed by atoms with Gasteiger partial charge in [0.05, 0.1) is 16.2 Å². The number of thioether (sulfide) groups is 1. The number of nitrogens with zero attached hydrogens (tertiary/aromatic N) is 5. The highest BCUT2D eigenvalue weighted by atomic mass is 32.2. The first kappa shape index (κ1) is 24.5. The van der Waals surface area contributed by atoms with E-state index >= 15 is 0 Å². The third-order valence-corrected chi connectivity index (χ3v) is 7.70. The first-order chi connectivity index (χ1) is 17.2. The highest BCUT2D eigenvalue weighted by Gasteiger charge is 2.34. The molecule has 2 aliphatic rings. The lowest BCUT2D eigenvalue weighted by molar-refractivity contribution is -0.123. The maximum Gasteiger partial charge on any atom is 0.267 e. The first-order valence-corrected chi connectivity index (χ1v) is 13.0. The second kappa shape index (κ2) is 9.67. The largest absolute Gasteiger partial charge is 0.366 e. The van der Waals surface area contributed by atoms with Crippen LogP contribution in [0.5, 0.6) is 0 Å². The van der Waals surface area contributed by atoms with E-state index in [1.807, 2.05) is 48.8 Å². The van der Waals surface area contributed by atoms with Crippen LogP contribution in [0.2, 0.25) is 0 Å². The summed E-state index contributed by atoms with van der Waals surface area (Å²) in [5.41, 5.74) is 2.13. The Morgan fingerprint density at radius 1 is 1.06 bits per heavy atom. The average Bonchev–Trinajstić information content (AvgIpc) is 3.14. The Morgan fingerprint density at radius 2 is 1.75 bits per heavy atom. The molecule has 1 aromatic carbocycles. The molecule has 0 unspecified atom stereocenters. The summed E-state index contributed by atoms with van der Waals surface area (Å²) in [7, 11) is 0. The summed E-state index contributed by atoms with van der Waals surface area (Å²) in [6.45, 7) is 7.98. The first-order valence-electron chi connectivity index (χ1n) is 11.8. The van der Waals surface area contributed by atoms with Crippen molar-refractivity contribution in [3.8, 4) is 0 Å². The number of carbonyl (C=O) groups excluding carboxylic acids is 1. The highest BCUT2D eigenvalue weighted by molar-refractivity contribution is 8.26. The van der Waals surface area contributed by atoms with E-state index in [0.29, 0.717) is 58.1 Å².